The summed E-state index contributed by atoms with van der Waals surface area (Å²) in [5, 5.41) is 11.2. The van der Waals surface area contributed by atoms with Crippen molar-refractivity contribution in [3.8, 4) is 22.3 Å². The Kier molecular flexibility index (Phi) is 2.80. The maximum absolute atomic E-state index is 3.83. The maximum Gasteiger partial charge on any atom is 0.0608 e. The van der Waals surface area contributed by atoms with E-state index in [4.69, 9.17) is 0 Å². The normalized spacial score (nSPS) is 10.2. The zero-order valence-electron chi connectivity index (χ0n) is 9.69. The highest BCUT2D eigenvalue weighted by molar-refractivity contribution is 5.82. The van der Waals surface area contributed by atoms with Gasteiger partial charge in [0.1, 0.15) is 0 Å². The van der Waals surface area contributed by atoms with Gasteiger partial charge in [-0.25, -0.2) is 0 Å². The molecule has 2 aromatic carbocycles. The van der Waals surface area contributed by atoms with Crippen molar-refractivity contribution in [3.05, 3.63) is 67.0 Å². The highest BCUT2D eigenvalue weighted by atomic mass is 15.3. The van der Waals surface area contributed by atoms with E-state index in [0.717, 1.165) is 11.1 Å². The third-order valence-electron chi connectivity index (χ3n) is 2.82. The van der Waals surface area contributed by atoms with Gasteiger partial charge < -0.3 is 0 Å². The largest absolute Gasteiger partial charge is 0.138 e. The quantitative estimate of drug-likeness (QED) is 0.682. The summed E-state index contributed by atoms with van der Waals surface area (Å²) in [4.78, 5) is 0. The van der Waals surface area contributed by atoms with E-state index < -0.39 is 0 Å². The third kappa shape index (κ3) is 1.98. The van der Waals surface area contributed by atoms with Crippen LogP contribution in [0.1, 0.15) is 0 Å². The summed E-state index contributed by atoms with van der Waals surface area (Å²) in [6, 6.07) is 18.5. The van der Waals surface area contributed by atoms with E-state index in [-0.39, 0.29) is 0 Å². The second-order valence-corrected chi connectivity index (χ2v) is 3.95. The molecular formula is C15H11N3. The first-order chi connectivity index (χ1) is 8.95. The Bertz CT molecular complexity index is 578. The number of hydrogen-bond donors (Lipinski definition) is 0. The van der Waals surface area contributed by atoms with Crippen LogP contribution in [0.3, 0.4) is 0 Å². The van der Waals surface area contributed by atoms with E-state index in [1.807, 2.05) is 30.3 Å². The van der Waals surface area contributed by atoms with Crippen molar-refractivity contribution in [3.63, 3.8) is 0 Å². The molecule has 1 aromatic heterocycles. The number of benzene rings is 2. The van der Waals surface area contributed by atoms with Gasteiger partial charge in [0.15, 0.2) is 0 Å². The Morgan fingerprint density at radius 3 is 1.78 bits per heavy atom. The standard InChI is InChI=1S/C15H11N3/c1-2-6-12(7-3-1)14-8-4-5-9-15(14)13-10-16-18-17-11-13/h1-11H. The van der Waals surface area contributed by atoms with E-state index >= 15 is 0 Å². The Hall–Kier alpha value is -2.55. The van der Waals surface area contributed by atoms with Crippen molar-refractivity contribution >= 4 is 0 Å². The van der Waals surface area contributed by atoms with Crippen LogP contribution in [0.2, 0.25) is 0 Å². The Balaban J connectivity index is 2.18. The van der Waals surface area contributed by atoms with Crippen LogP contribution >= 0.6 is 0 Å². The van der Waals surface area contributed by atoms with Crippen molar-refractivity contribution in [2.45, 2.75) is 0 Å². The van der Waals surface area contributed by atoms with Crippen molar-refractivity contribution in [1.29, 1.82) is 0 Å². The third-order valence-corrected chi connectivity index (χ3v) is 2.82. The molecule has 0 amide bonds. The number of hydrogen-bond acceptors (Lipinski definition) is 3. The van der Waals surface area contributed by atoms with Crippen molar-refractivity contribution in [2.24, 2.45) is 0 Å². The molecule has 3 heteroatoms. The SMILES string of the molecule is c1ccc(-c2ccccc2-c2cnnnc2)cc1. The second kappa shape index (κ2) is 4.75. The molecule has 18 heavy (non-hydrogen) atoms. The average Bonchev–Trinajstić information content (AvgIpc) is 2.49. The van der Waals surface area contributed by atoms with Gasteiger partial charge in [-0.15, -0.1) is 10.2 Å². The molecule has 0 saturated heterocycles. The lowest BCUT2D eigenvalue weighted by molar-refractivity contribution is 0.867. The van der Waals surface area contributed by atoms with Gasteiger partial charge in [-0.05, 0) is 21.9 Å². The van der Waals surface area contributed by atoms with Crippen LogP contribution < -0.4 is 0 Å². The van der Waals surface area contributed by atoms with E-state index in [0.29, 0.717) is 0 Å². The lowest BCUT2D eigenvalue weighted by Crippen LogP contribution is -1.89. The fourth-order valence-electron chi connectivity index (χ4n) is 1.98. The first-order valence-electron chi connectivity index (χ1n) is 5.73. The van der Waals surface area contributed by atoms with E-state index in [9.17, 15) is 0 Å². The molecule has 0 bridgehead atoms. The van der Waals surface area contributed by atoms with Crippen LogP contribution in [-0.2, 0) is 0 Å². The van der Waals surface area contributed by atoms with Crippen molar-refractivity contribution < 1.29 is 0 Å². The molecule has 3 nitrogen and oxygen atoms in total. The Morgan fingerprint density at radius 1 is 0.556 bits per heavy atom. The Labute approximate surface area is 105 Å². The van der Waals surface area contributed by atoms with Gasteiger partial charge in [-0.1, -0.05) is 54.6 Å². The predicted molar refractivity (Wildman–Crippen MR) is 70.7 cm³/mol. The summed E-state index contributed by atoms with van der Waals surface area (Å²) in [6.45, 7) is 0. The van der Waals surface area contributed by atoms with Crippen LogP contribution in [0.25, 0.3) is 22.3 Å². The highest BCUT2D eigenvalue weighted by Gasteiger charge is 2.06. The Morgan fingerprint density at radius 2 is 1.11 bits per heavy atom. The van der Waals surface area contributed by atoms with Gasteiger partial charge in [0.05, 0.1) is 12.4 Å². The molecule has 0 spiro atoms. The summed E-state index contributed by atoms with van der Waals surface area (Å²) in [7, 11) is 0. The molecule has 0 saturated carbocycles. The minimum absolute atomic E-state index is 0.976. The molecule has 3 rings (SSSR count). The summed E-state index contributed by atoms with van der Waals surface area (Å²) in [5.41, 5.74) is 4.45. The van der Waals surface area contributed by atoms with Crippen LogP contribution in [0.4, 0.5) is 0 Å². The van der Waals surface area contributed by atoms with Crippen molar-refractivity contribution in [1.82, 2.24) is 15.4 Å². The number of nitrogens with zero attached hydrogens (tertiary/aromatic N) is 3. The van der Waals surface area contributed by atoms with Gasteiger partial charge >= 0.3 is 0 Å². The second-order valence-electron chi connectivity index (χ2n) is 3.95. The van der Waals surface area contributed by atoms with Gasteiger partial charge in [0, 0.05) is 5.56 Å². The van der Waals surface area contributed by atoms with E-state index in [1.165, 1.54) is 11.1 Å². The zero-order valence-corrected chi connectivity index (χ0v) is 9.69. The molecule has 0 unspecified atom stereocenters. The molecule has 86 valence electrons. The lowest BCUT2D eigenvalue weighted by atomic mass is 9.96. The molecule has 0 atom stereocenters. The van der Waals surface area contributed by atoms with Crippen LogP contribution in [0.15, 0.2) is 67.0 Å². The maximum atomic E-state index is 3.83. The van der Waals surface area contributed by atoms with Gasteiger partial charge in [-0.2, -0.15) is 0 Å². The van der Waals surface area contributed by atoms with E-state index in [1.54, 1.807) is 12.4 Å². The van der Waals surface area contributed by atoms with Gasteiger partial charge in [0.25, 0.3) is 0 Å². The summed E-state index contributed by atoms with van der Waals surface area (Å²) >= 11 is 0. The molecular weight excluding hydrogens is 222 g/mol. The minimum atomic E-state index is 0.976. The van der Waals surface area contributed by atoms with Crippen molar-refractivity contribution in [2.75, 3.05) is 0 Å². The van der Waals surface area contributed by atoms with Crippen LogP contribution in [0, 0.1) is 0 Å². The highest BCUT2D eigenvalue weighted by Crippen LogP contribution is 2.30. The first kappa shape index (κ1) is 10.6. The molecule has 0 aliphatic rings. The zero-order chi connectivity index (χ0) is 12.2. The molecule has 0 aliphatic heterocycles. The van der Waals surface area contributed by atoms with Crippen LogP contribution in [0.5, 0.6) is 0 Å². The molecule has 0 radical (unpaired) electrons. The number of aromatic nitrogens is 3. The fraction of sp³-hybridized carbons (Fsp3) is 0. The fourth-order valence-corrected chi connectivity index (χ4v) is 1.98. The first-order valence-corrected chi connectivity index (χ1v) is 5.73. The van der Waals surface area contributed by atoms with E-state index in [2.05, 4.69) is 39.7 Å². The summed E-state index contributed by atoms with van der Waals surface area (Å²) < 4.78 is 0. The molecule has 0 aliphatic carbocycles. The summed E-state index contributed by atoms with van der Waals surface area (Å²) in [6.07, 6.45) is 3.46. The monoisotopic (exact) mass is 233 g/mol. The topological polar surface area (TPSA) is 38.7 Å². The smallest absolute Gasteiger partial charge is 0.0608 e. The minimum Gasteiger partial charge on any atom is -0.138 e. The van der Waals surface area contributed by atoms with Gasteiger partial charge in [-0.3, -0.25) is 0 Å². The summed E-state index contributed by atoms with van der Waals surface area (Å²) in [5.74, 6) is 0. The average molecular weight is 233 g/mol. The molecule has 0 N–H and O–H groups in total. The van der Waals surface area contributed by atoms with Crippen LogP contribution in [-0.4, -0.2) is 15.4 Å². The molecule has 1 heterocycles. The predicted octanol–water partition coefficient (Wildman–Crippen LogP) is 3.21. The number of rotatable bonds is 2. The molecule has 0 fully saturated rings. The van der Waals surface area contributed by atoms with Gasteiger partial charge in [0.2, 0.25) is 0 Å². The lowest BCUT2D eigenvalue weighted by Gasteiger charge is -2.08. The molecule has 3 aromatic rings.